The van der Waals surface area contributed by atoms with Crippen LogP contribution < -0.4 is 5.73 Å². The van der Waals surface area contributed by atoms with Gasteiger partial charge in [-0.3, -0.25) is 4.79 Å². The van der Waals surface area contributed by atoms with E-state index in [0.717, 1.165) is 8.95 Å². The second-order valence-electron chi connectivity index (χ2n) is 4.73. The Morgan fingerprint density at radius 3 is 2.06 bits per heavy atom. The van der Waals surface area contributed by atoms with E-state index in [-0.39, 0.29) is 5.78 Å². The van der Waals surface area contributed by atoms with Crippen LogP contribution in [0.5, 0.6) is 0 Å². The lowest BCUT2D eigenvalue weighted by Gasteiger charge is -2.22. The van der Waals surface area contributed by atoms with Gasteiger partial charge in [-0.25, -0.2) is 0 Å². The molecule has 1 rings (SSSR count). The smallest absolute Gasteiger partial charge is 0.216 e. The third kappa shape index (κ3) is 3.57. The van der Waals surface area contributed by atoms with Crippen molar-refractivity contribution < 1.29 is 9.28 Å². The number of ketones is 1. The van der Waals surface area contributed by atoms with Crippen molar-refractivity contribution in [3.05, 3.63) is 26.6 Å². The summed E-state index contributed by atoms with van der Waals surface area (Å²) in [5.74, 6) is 0.105. The summed E-state index contributed by atoms with van der Waals surface area (Å²) < 4.78 is 2.09. The lowest BCUT2D eigenvalue weighted by Crippen LogP contribution is -2.39. The number of hydrogen-bond donors (Lipinski definition) is 1. The quantitative estimate of drug-likeness (QED) is 0.517. The van der Waals surface area contributed by atoms with Crippen molar-refractivity contribution in [1.82, 2.24) is 0 Å². The molecule has 16 heavy (non-hydrogen) atoms. The zero-order chi connectivity index (χ0) is 12.5. The van der Waals surface area contributed by atoms with Crippen molar-refractivity contribution in [1.29, 1.82) is 0 Å². The molecular weight excluding hydrogens is 336 g/mol. The molecular formula is C11H15Br2N2O+. The Hall–Kier alpha value is -0.390. The number of carbonyl (C=O) groups excluding carboxylic acids is 1. The van der Waals surface area contributed by atoms with Gasteiger partial charge in [0.05, 0.1) is 26.8 Å². The average Bonchev–Trinajstić information content (AvgIpc) is 2.10. The second kappa shape index (κ2) is 4.85. The van der Waals surface area contributed by atoms with Crippen molar-refractivity contribution in [2.45, 2.75) is 0 Å². The van der Waals surface area contributed by atoms with Gasteiger partial charge in [-0.05, 0) is 44.0 Å². The summed E-state index contributed by atoms with van der Waals surface area (Å²) in [6, 6.07) is 3.52. The van der Waals surface area contributed by atoms with Crippen LogP contribution in [0.4, 0.5) is 5.69 Å². The summed E-state index contributed by atoms with van der Waals surface area (Å²) in [5.41, 5.74) is 7.05. The molecule has 0 heterocycles. The molecule has 3 nitrogen and oxygen atoms in total. The van der Waals surface area contributed by atoms with Crippen LogP contribution in [0.1, 0.15) is 10.4 Å². The largest absolute Gasteiger partial charge is 0.397 e. The molecule has 0 bridgehead atoms. The first-order valence-corrected chi connectivity index (χ1v) is 6.37. The lowest BCUT2D eigenvalue weighted by atomic mass is 10.1. The molecule has 1 aromatic rings. The van der Waals surface area contributed by atoms with E-state index in [1.54, 1.807) is 12.1 Å². The SMILES string of the molecule is C[N+](C)(C)CC(=O)c1cc(Br)c(N)c(Br)c1. The topological polar surface area (TPSA) is 43.1 Å². The van der Waals surface area contributed by atoms with E-state index in [0.29, 0.717) is 22.3 Å². The van der Waals surface area contributed by atoms with E-state index in [1.165, 1.54) is 0 Å². The summed E-state index contributed by atoms with van der Waals surface area (Å²) >= 11 is 6.66. The molecule has 0 atom stereocenters. The monoisotopic (exact) mass is 349 g/mol. The minimum atomic E-state index is 0.105. The van der Waals surface area contributed by atoms with Crippen LogP contribution in [-0.2, 0) is 0 Å². The Labute approximate surface area is 112 Å². The van der Waals surface area contributed by atoms with Crippen molar-refractivity contribution >= 4 is 43.3 Å². The Kier molecular flexibility index (Phi) is 4.15. The number of carbonyl (C=O) groups is 1. The minimum Gasteiger partial charge on any atom is -0.397 e. The molecule has 0 aliphatic carbocycles. The van der Waals surface area contributed by atoms with Crippen LogP contribution in [0.25, 0.3) is 0 Å². The predicted molar refractivity (Wildman–Crippen MR) is 73.5 cm³/mol. The summed E-state index contributed by atoms with van der Waals surface area (Å²) in [7, 11) is 5.96. The molecule has 0 fully saturated rings. The Morgan fingerprint density at radius 2 is 1.69 bits per heavy atom. The van der Waals surface area contributed by atoms with Gasteiger partial charge in [0.15, 0.2) is 0 Å². The van der Waals surface area contributed by atoms with Crippen molar-refractivity contribution in [3.8, 4) is 0 Å². The number of quaternary nitrogens is 1. The van der Waals surface area contributed by atoms with Gasteiger partial charge in [-0.2, -0.15) is 0 Å². The van der Waals surface area contributed by atoms with Crippen LogP contribution in [0.15, 0.2) is 21.1 Å². The van der Waals surface area contributed by atoms with E-state index in [2.05, 4.69) is 31.9 Å². The zero-order valence-electron chi connectivity index (χ0n) is 9.55. The number of anilines is 1. The molecule has 0 aliphatic rings. The van der Waals surface area contributed by atoms with Crippen molar-refractivity contribution in [2.24, 2.45) is 0 Å². The number of hydrogen-bond acceptors (Lipinski definition) is 2. The highest BCUT2D eigenvalue weighted by molar-refractivity contribution is 9.11. The standard InChI is InChI=1S/C11H14Br2N2O/c1-15(2,3)6-10(16)7-4-8(12)11(14)9(13)5-7/h4-5H,6H2,1-3H3,(H-,14,16)/p+1. The van der Waals surface area contributed by atoms with Gasteiger partial charge in [0, 0.05) is 14.5 Å². The second-order valence-corrected chi connectivity index (χ2v) is 6.43. The first-order chi connectivity index (χ1) is 7.20. The van der Waals surface area contributed by atoms with E-state index < -0.39 is 0 Å². The maximum absolute atomic E-state index is 12.0. The molecule has 5 heteroatoms. The molecule has 1 aromatic carbocycles. The maximum Gasteiger partial charge on any atom is 0.216 e. The first kappa shape index (κ1) is 13.7. The zero-order valence-corrected chi connectivity index (χ0v) is 12.7. The molecule has 0 aliphatic heterocycles. The molecule has 0 amide bonds. The Morgan fingerprint density at radius 1 is 1.25 bits per heavy atom. The number of halogens is 2. The third-order valence-electron chi connectivity index (χ3n) is 2.02. The van der Waals surface area contributed by atoms with Crippen LogP contribution in [0.2, 0.25) is 0 Å². The molecule has 0 saturated carbocycles. The molecule has 88 valence electrons. The average molecular weight is 351 g/mol. The van der Waals surface area contributed by atoms with Gasteiger partial charge in [0.2, 0.25) is 5.78 Å². The van der Waals surface area contributed by atoms with Crippen LogP contribution in [0, 0.1) is 0 Å². The number of likely N-dealkylation sites (N-methyl/N-ethyl adjacent to an activating group) is 1. The number of Topliss-reactive ketones (excluding diaryl/α,β-unsaturated/α-hetero) is 1. The number of nitrogens with zero attached hydrogens (tertiary/aromatic N) is 1. The van der Waals surface area contributed by atoms with Crippen molar-refractivity contribution in [2.75, 3.05) is 33.4 Å². The Bertz CT molecular complexity index is 401. The summed E-state index contributed by atoms with van der Waals surface area (Å²) in [6.07, 6.45) is 0. The van der Waals surface area contributed by atoms with Gasteiger partial charge in [-0.15, -0.1) is 0 Å². The molecule has 0 saturated heterocycles. The molecule has 0 unspecified atom stereocenters. The third-order valence-corrected chi connectivity index (χ3v) is 3.33. The lowest BCUT2D eigenvalue weighted by molar-refractivity contribution is -0.861. The molecule has 0 aromatic heterocycles. The maximum atomic E-state index is 12.0. The Balaban J connectivity index is 3.02. The van der Waals surface area contributed by atoms with Gasteiger partial charge in [0.25, 0.3) is 0 Å². The number of nitrogens with two attached hydrogens (primary N) is 1. The van der Waals surface area contributed by atoms with Gasteiger partial charge in [0.1, 0.15) is 6.54 Å². The highest BCUT2D eigenvalue weighted by Gasteiger charge is 2.17. The van der Waals surface area contributed by atoms with Gasteiger partial charge in [-0.1, -0.05) is 0 Å². The molecule has 0 radical (unpaired) electrons. The fourth-order valence-corrected chi connectivity index (χ4v) is 2.45. The number of rotatable bonds is 3. The normalized spacial score (nSPS) is 11.6. The minimum absolute atomic E-state index is 0.105. The first-order valence-electron chi connectivity index (χ1n) is 4.79. The number of nitrogen functional groups attached to an aromatic ring is 1. The highest BCUT2D eigenvalue weighted by Crippen LogP contribution is 2.29. The van der Waals surface area contributed by atoms with Gasteiger partial charge >= 0.3 is 0 Å². The van der Waals surface area contributed by atoms with Gasteiger partial charge < -0.3 is 10.2 Å². The number of benzene rings is 1. The summed E-state index contributed by atoms with van der Waals surface area (Å²) in [4.78, 5) is 12.0. The van der Waals surface area contributed by atoms with E-state index in [4.69, 9.17) is 5.73 Å². The summed E-state index contributed by atoms with van der Waals surface area (Å²) in [6.45, 7) is 0.461. The van der Waals surface area contributed by atoms with E-state index >= 15 is 0 Å². The van der Waals surface area contributed by atoms with Crippen LogP contribution >= 0.6 is 31.9 Å². The molecule has 2 N–H and O–H groups in total. The van der Waals surface area contributed by atoms with Crippen LogP contribution in [-0.4, -0.2) is 38.0 Å². The highest BCUT2D eigenvalue weighted by atomic mass is 79.9. The van der Waals surface area contributed by atoms with Crippen LogP contribution in [0.3, 0.4) is 0 Å². The fraction of sp³-hybridized carbons (Fsp3) is 0.364. The summed E-state index contributed by atoms with van der Waals surface area (Å²) in [5, 5.41) is 0. The van der Waals surface area contributed by atoms with E-state index in [9.17, 15) is 4.79 Å². The predicted octanol–water partition coefficient (Wildman–Crippen LogP) is 2.68. The fourth-order valence-electron chi connectivity index (χ4n) is 1.27. The van der Waals surface area contributed by atoms with Crippen molar-refractivity contribution in [3.63, 3.8) is 0 Å². The van der Waals surface area contributed by atoms with E-state index in [1.807, 2.05) is 21.1 Å². The molecule has 0 spiro atoms.